The van der Waals surface area contributed by atoms with Crippen LogP contribution in [-0.4, -0.2) is 41.0 Å². The maximum absolute atomic E-state index is 12.8. The van der Waals surface area contributed by atoms with Gasteiger partial charge in [0.2, 0.25) is 0 Å². The highest BCUT2D eigenvalue weighted by atomic mass is 35.5. The van der Waals surface area contributed by atoms with Crippen LogP contribution in [0.2, 0.25) is 5.02 Å². The molecule has 0 N–H and O–H groups in total. The van der Waals surface area contributed by atoms with Crippen molar-refractivity contribution in [1.29, 1.82) is 0 Å². The van der Waals surface area contributed by atoms with E-state index in [9.17, 15) is 9.59 Å². The van der Waals surface area contributed by atoms with Crippen molar-refractivity contribution in [2.24, 2.45) is 0 Å². The molecule has 1 saturated carbocycles. The molecule has 1 amide bonds. The van der Waals surface area contributed by atoms with Crippen LogP contribution >= 0.6 is 11.6 Å². The Morgan fingerprint density at radius 2 is 2.05 bits per heavy atom. The monoisotopic (exact) mass is 310 g/mol. The average molecular weight is 311 g/mol. The smallest absolute Gasteiger partial charge is 0.328 e. The van der Waals surface area contributed by atoms with Crippen LogP contribution in [0.1, 0.15) is 48.6 Å². The molecule has 1 unspecified atom stereocenters. The van der Waals surface area contributed by atoms with Gasteiger partial charge in [-0.05, 0) is 38.2 Å². The number of carbonyl (C=O) groups is 2. The Bertz CT molecular complexity index is 565. The van der Waals surface area contributed by atoms with Gasteiger partial charge in [-0.3, -0.25) is 4.79 Å². The summed E-state index contributed by atoms with van der Waals surface area (Å²) in [4.78, 5) is 26.4. The lowest BCUT2D eigenvalue weighted by Crippen LogP contribution is -2.48. The van der Waals surface area contributed by atoms with E-state index in [-0.39, 0.29) is 11.9 Å². The van der Waals surface area contributed by atoms with Crippen LogP contribution in [0, 0.1) is 0 Å². The summed E-state index contributed by atoms with van der Waals surface area (Å²) >= 11 is 6.06. The molecule has 1 aliphatic heterocycles. The molecular formula is C15H19ClN2O3. The zero-order valence-electron chi connectivity index (χ0n) is 12.0. The maximum atomic E-state index is 12.8. The van der Waals surface area contributed by atoms with Crippen LogP contribution in [0.3, 0.4) is 0 Å². The predicted molar refractivity (Wildman–Crippen MR) is 78.4 cm³/mol. The molecule has 5 nitrogen and oxygen atoms in total. The second kappa shape index (κ2) is 5.72. The largest absolute Gasteiger partial charge is 0.467 e. The zero-order valence-corrected chi connectivity index (χ0v) is 12.8. The molecule has 2 fully saturated rings. The molecule has 0 spiro atoms. The van der Waals surface area contributed by atoms with E-state index in [1.807, 2.05) is 10.8 Å². The number of carbonyl (C=O) groups excluding carboxylic acids is 2. The van der Waals surface area contributed by atoms with Crippen LogP contribution in [0.25, 0.3) is 0 Å². The summed E-state index contributed by atoms with van der Waals surface area (Å²) in [5.41, 5.74) is 0.582. The first-order valence-corrected chi connectivity index (χ1v) is 7.76. The molecular weight excluding hydrogens is 292 g/mol. The van der Waals surface area contributed by atoms with Crippen LogP contribution in [0.15, 0.2) is 12.3 Å². The lowest BCUT2D eigenvalue weighted by molar-refractivity contribution is -0.147. The molecule has 114 valence electrons. The lowest BCUT2D eigenvalue weighted by atomic mass is 10.0. The Balaban J connectivity index is 1.87. The minimum absolute atomic E-state index is 0.121. The minimum atomic E-state index is -0.474. The Labute approximate surface area is 128 Å². The molecule has 1 saturated heterocycles. The van der Waals surface area contributed by atoms with Crippen LogP contribution < -0.4 is 0 Å². The van der Waals surface area contributed by atoms with Gasteiger partial charge in [-0.15, -0.1) is 0 Å². The fraction of sp³-hybridized carbons (Fsp3) is 0.600. The van der Waals surface area contributed by atoms with Crippen LogP contribution in [-0.2, 0) is 9.53 Å². The number of likely N-dealkylation sites (tertiary alicyclic amines) is 1. The molecule has 0 bridgehead atoms. The molecule has 21 heavy (non-hydrogen) atoms. The number of ether oxygens (including phenoxy) is 1. The van der Waals surface area contributed by atoms with Crippen molar-refractivity contribution < 1.29 is 14.3 Å². The third-order valence-corrected chi connectivity index (χ3v) is 4.42. The highest BCUT2D eigenvalue weighted by Gasteiger charge is 2.36. The second-order valence-corrected chi connectivity index (χ2v) is 6.15. The first-order valence-electron chi connectivity index (χ1n) is 7.38. The minimum Gasteiger partial charge on any atom is -0.467 e. The fourth-order valence-corrected chi connectivity index (χ4v) is 3.18. The SMILES string of the molecule is COC(=O)C1CCCCN1C(=O)c1cc(Cl)cn1C1CC1. The normalized spacial score (nSPS) is 22.2. The van der Waals surface area contributed by atoms with E-state index in [0.717, 1.165) is 25.7 Å². The lowest BCUT2D eigenvalue weighted by Gasteiger charge is -2.33. The standard InChI is InChI=1S/C15H19ClN2O3/c1-21-15(20)12-4-2-3-7-17(12)14(19)13-8-10(16)9-18(13)11-5-6-11/h8-9,11-12H,2-7H2,1H3. The number of piperidine rings is 1. The van der Waals surface area contributed by atoms with Gasteiger partial charge >= 0.3 is 5.97 Å². The molecule has 0 radical (unpaired) electrons. The number of rotatable bonds is 3. The molecule has 6 heteroatoms. The third-order valence-electron chi connectivity index (χ3n) is 4.21. The van der Waals surface area contributed by atoms with Gasteiger partial charge in [0.05, 0.1) is 12.1 Å². The second-order valence-electron chi connectivity index (χ2n) is 5.72. The predicted octanol–water partition coefficient (Wildman–Crippen LogP) is 2.64. The van der Waals surface area contributed by atoms with Crippen molar-refractivity contribution in [3.63, 3.8) is 0 Å². The van der Waals surface area contributed by atoms with Gasteiger partial charge < -0.3 is 14.2 Å². The van der Waals surface area contributed by atoms with E-state index >= 15 is 0 Å². The summed E-state index contributed by atoms with van der Waals surface area (Å²) < 4.78 is 6.79. The molecule has 0 aromatic carbocycles. The van der Waals surface area contributed by atoms with Crippen molar-refractivity contribution in [3.05, 3.63) is 23.0 Å². The Morgan fingerprint density at radius 1 is 1.29 bits per heavy atom. The number of esters is 1. The summed E-state index contributed by atoms with van der Waals surface area (Å²) in [7, 11) is 1.36. The first-order chi connectivity index (χ1) is 10.1. The number of methoxy groups -OCH3 is 1. The Kier molecular flexibility index (Phi) is 3.93. The highest BCUT2D eigenvalue weighted by Crippen LogP contribution is 2.38. The average Bonchev–Trinajstić information content (AvgIpc) is 3.28. The van der Waals surface area contributed by atoms with E-state index in [0.29, 0.717) is 29.7 Å². The van der Waals surface area contributed by atoms with Gasteiger partial charge in [0.15, 0.2) is 0 Å². The number of aromatic nitrogens is 1. The van der Waals surface area contributed by atoms with Gasteiger partial charge in [-0.25, -0.2) is 4.79 Å². The molecule has 2 heterocycles. The summed E-state index contributed by atoms with van der Waals surface area (Å²) in [5.74, 6) is -0.456. The molecule has 1 aromatic rings. The first kappa shape index (κ1) is 14.4. The maximum Gasteiger partial charge on any atom is 0.328 e. The Hall–Kier alpha value is -1.49. The topological polar surface area (TPSA) is 51.5 Å². The number of amides is 1. The number of halogens is 1. The molecule has 1 aliphatic carbocycles. The van der Waals surface area contributed by atoms with Crippen molar-refractivity contribution in [1.82, 2.24) is 9.47 Å². The third kappa shape index (κ3) is 2.79. The summed E-state index contributed by atoms with van der Waals surface area (Å²) in [6.45, 7) is 0.589. The molecule has 3 rings (SSSR count). The summed E-state index contributed by atoms with van der Waals surface area (Å²) in [6, 6.07) is 1.60. The van der Waals surface area contributed by atoms with Crippen LogP contribution in [0.4, 0.5) is 0 Å². The molecule has 1 aromatic heterocycles. The van der Waals surface area contributed by atoms with E-state index in [1.165, 1.54) is 7.11 Å². The zero-order chi connectivity index (χ0) is 15.0. The van der Waals surface area contributed by atoms with E-state index in [2.05, 4.69) is 0 Å². The summed E-state index contributed by atoms with van der Waals surface area (Å²) in [5, 5.41) is 0.567. The van der Waals surface area contributed by atoms with E-state index < -0.39 is 6.04 Å². The summed E-state index contributed by atoms with van der Waals surface area (Å²) in [6.07, 6.45) is 6.47. The van der Waals surface area contributed by atoms with E-state index in [4.69, 9.17) is 16.3 Å². The van der Waals surface area contributed by atoms with Gasteiger partial charge in [-0.1, -0.05) is 11.6 Å². The Morgan fingerprint density at radius 3 is 2.71 bits per heavy atom. The van der Waals surface area contributed by atoms with Gasteiger partial charge in [0.1, 0.15) is 11.7 Å². The molecule has 1 atom stereocenters. The van der Waals surface area contributed by atoms with Crippen molar-refractivity contribution >= 4 is 23.5 Å². The fourth-order valence-electron chi connectivity index (χ4n) is 2.97. The van der Waals surface area contributed by atoms with Crippen molar-refractivity contribution in [2.45, 2.75) is 44.2 Å². The quantitative estimate of drug-likeness (QED) is 0.807. The number of hydrogen-bond acceptors (Lipinski definition) is 3. The van der Waals surface area contributed by atoms with Crippen molar-refractivity contribution in [2.75, 3.05) is 13.7 Å². The van der Waals surface area contributed by atoms with Gasteiger partial charge in [0, 0.05) is 18.8 Å². The number of nitrogens with zero attached hydrogens (tertiary/aromatic N) is 2. The van der Waals surface area contributed by atoms with Crippen molar-refractivity contribution in [3.8, 4) is 0 Å². The van der Waals surface area contributed by atoms with Gasteiger partial charge in [0.25, 0.3) is 5.91 Å². The van der Waals surface area contributed by atoms with Gasteiger partial charge in [-0.2, -0.15) is 0 Å². The number of hydrogen-bond donors (Lipinski definition) is 0. The van der Waals surface area contributed by atoms with Crippen LogP contribution in [0.5, 0.6) is 0 Å². The molecule has 2 aliphatic rings. The highest BCUT2D eigenvalue weighted by molar-refractivity contribution is 6.31. The van der Waals surface area contributed by atoms with E-state index in [1.54, 1.807) is 11.0 Å².